The third-order valence-electron chi connectivity index (χ3n) is 4.95. The van der Waals surface area contributed by atoms with Gasteiger partial charge >= 0.3 is 18.0 Å². The number of hydrogen-bond acceptors (Lipinski definition) is 7. The zero-order valence-corrected chi connectivity index (χ0v) is 17.9. The Balaban J connectivity index is 2.25. The van der Waals surface area contributed by atoms with Crippen molar-refractivity contribution >= 4 is 23.7 Å². The quantitative estimate of drug-likeness (QED) is 0.606. The van der Waals surface area contributed by atoms with Gasteiger partial charge < -0.3 is 19.5 Å². The van der Waals surface area contributed by atoms with Crippen LogP contribution in [-0.2, 0) is 23.8 Å². The van der Waals surface area contributed by atoms with Gasteiger partial charge in [-0.2, -0.15) is 0 Å². The molecule has 1 fully saturated rings. The van der Waals surface area contributed by atoms with E-state index in [4.69, 9.17) is 14.2 Å². The molecule has 8 heteroatoms. The van der Waals surface area contributed by atoms with Crippen LogP contribution >= 0.6 is 0 Å². The van der Waals surface area contributed by atoms with E-state index in [2.05, 4.69) is 5.32 Å². The molecule has 1 aliphatic heterocycles. The van der Waals surface area contributed by atoms with Gasteiger partial charge in [0.25, 0.3) is 0 Å². The van der Waals surface area contributed by atoms with Crippen molar-refractivity contribution < 1.29 is 28.6 Å². The fourth-order valence-corrected chi connectivity index (χ4v) is 3.48. The topological polar surface area (TPSA) is 94.2 Å². The van der Waals surface area contributed by atoms with Crippen LogP contribution in [0, 0.1) is 11.8 Å². The summed E-state index contributed by atoms with van der Waals surface area (Å²) >= 11 is 0. The lowest BCUT2D eigenvalue weighted by atomic mass is 9.75. The van der Waals surface area contributed by atoms with Crippen LogP contribution in [0.4, 0.5) is 10.5 Å². The molecular formula is C21H30N2O6. The molecule has 1 aromatic carbocycles. The number of nitrogens with one attached hydrogen (secondary N) is 1. The summed E-state index contributed by atoms with van der Waals surface area (Å²) in [5.74, 6) is -2.43. The van der Waals surface area contributed by atoms with Crippen LogP contribution in [0.3, 0.4) is 0 Å². The van der Waals surface area contributed by atoms with Gasteiger partial charge in [0.2, 0.25) is 0 Å². The van der Waals surface area contributed by atoms with Crippen LogP contribution in [0.2, 0.25) is 0 Å². The lowest BCUT2D eigenvalue weighted by Gasteiger charge is -2.35. The summed E-state index contributed by atoms with van der Waals surface area (Å²) in [6.07, 6.45) is -0.456. The Kier molecular flexibility index (Phi) is 7.24. The summed E-state index contributed by atoms with van der Waals surface area (Å²) in [4.78, 5) is 38.3. The number of piperidine rings is 1. The molecule has 0 radical (unpaired) electrons. The minimum atomic E-state index is -0.650. The Morgan fingerprint density at radius 2 is 1.59 bits per heavy atom. The number of carbonyl (C=O) groups excluding carboxylic acids is 3. The summed E-state index contributed by atoms with van der Waals surface area (Å²) in [5, 5.41) is 3.20. The summed E-state index contributed by atoms with van der Waals surface area (Å²) in [7, 11) is 4.26. The Bertz CT molecular complexity index is 741. The second-order valence-corrected chi connectivity index (χ2v) is 8.07. The molecule has 160 valence electrons. The van der Waals surface area contributed by atoms with Crippen LogP contribution in [-0.4, -0.2) is 58.0 Å². The van der Waals surface area contributed by atoms with Gasteiger partial charge in [0.1, 0.15) is 5.60 Å². The van der Waals surface area contributed by atoms with Crippen molar-refractivity contribution in [2.24, 2.45) is 11.8 Å². The number of nitrogens with zero attached hydrogens (tertiary/aromatic N) is 1. The Labute approximate surface area is 171 Å². The zero-order chi connectivity index (χ0) is 21.8. The molecule has 3 atom stereocenters. The third kappa shape index (κ3) is 5.47. The Hall–Kier alpha value is -2.61. The van der Waals surface area contributed by atoms with E-state index < -0.39 is 35.5 Å². The van der Waals surface area contributed by atoms with Crippen LogP contribution in [0.1, 0.15) is 32.3 Å². The molecule has 1 saturated heterocycles. The monoisotopic (exact) mass is 406 g/mol. The molecule has 1 heterocycles. The molecule has 0 bridgehead atoms. The van der Waals surface area contributed by atoms with E-state index in [1.807, 2.05) is 32.9 Å². The molecule has 3 unspecified atom stereocenters. The van der Waals surface area contributed by atoms with Crippen molar-refractivity contribution in [2.75, 3.05) is 39.3 Å². The minimum absolute atomic E-state index is 0.263. The van der Waals surface area contributed by atoms with E-state index in [1.165, 1.54) is 19.1 Å². The number of carbonyl (C=O) groups is 3. The number of benzene rings is 1. The number of rotatable bonds is 4. The summed E-state index contributed by atoms with van der Waals surface area (Å²) in [5.41, 5.74) is 0.934. The first-order valence-corrected chi connectivity index (χ1v) is 9.52. The van der Waals surface area contributed by atoms with Gasteiger partial charge in [-0.15, -0.1) is 0 Å². The fourth-order valence-electron chi connectivity index (χ4n) is 3.48. The largest absolute Gasteiger partial charge is 0.469 e. The highest BCUT2D eigenvalue weighted by Crippen LogP contribution is 2.35. The molecule has 0 aliphatic carbocycles. The molecule has 29 heavy (non-hydrogen) atoms. The normalized spacial score (nSPS) is 21.8. The van der Waals surface area contributed by atoms with Crippen LogP contribution in [0.15, 0.2) is 24.3 Å². The van der Waals surface area contributed by atoms with Gasteiger partial charge in [-0.1, -0.05) is 12.1 Å². The van der Waals surface area contributed by atoms with E-state index in [0.29, 0.717) is 18.8 Å². The predicted octanol–water partition coefficient (Wildman–Crippen LogP) is 2.32. The first-order chi connectivity index (χ1) is 13.6. The molecule has 1 amide bonds. The molecule has 0 spiro atoms. The number of ether oxygens (including phenoxy) is 3. The molecule has 1 N–H and O–H groups in total. The van der Waals surface area contributed by atoms with E-state index in [9.17, 15) is 14.4 Å². The van der Waals surface area contributed by atoms with Gasteiger partial charge in [-0.3, -0.25) is 14.5 Å². The lowest BCUT2D eigenvalue weighted by molar-refractivity contribution is -0.159. The van der Waals surface area contributed by atoms with Gasteiger partial charge in [0.05, 0.1) is 26.1 Å². The Morgan fingerprint density at radius 3 is 2.10 bits per heavy atom. The van der Waals surface area contributed by atoms with Crippen molar-refractivity contribution in [3.8, 4) is 0 Å². The van der Waals surface area contributed by atoms with Gasteiger partial charge in [-0.25, -0.2) is 4.79 Å². The first-order valence-electron chi connectivity index (χ1n) is 9.52. The average Bonchev–Trinajstić information content (AvgIpc) is 2.70. The number of esters is 2. The van der Waals surface area contributed by atoms with E-state index in [1.54, 1.807) is 19.2 Å². The second kappa shape index (κ2) is 9.26. The fraction of sp³-hybridized carbons (Fsp3) is 0.571. The van der Waals surface area contributed by atoms with E-state index in [-0.39, 0.29) is 5.92 Å². The lowest BCUT2D eigenvalue weighted by Crippen LogP contribution is -2.49. The first kappa shape index (κ1) is 22.7. The van der Waals surface area contributed by atoms with Crippen molar-refractivity contribution in [3.63, 3.8) is 0 Å². The zero-order valence-electron chi connectivity index (χ0n) is 17.9. The minimum Gasteiger partial charge on any atom is -0.469 e. The maximum absolute atomic E-state index is 12.5. The highest BCUT2D eigenvalue weighted by Gasteiger charge is 2.44. The van der Waals surface area contributed by atoms with Crippen LogP contribution in [0.5, 0.6) is 0 Å². The van der Waals surface area contributed by atoms with Gasteiger partial charge in [0, 0.05) is 31.7 Å². The smallest absolute Gasteiger partial charge is 0.414 e. The number of anilines is 1. The standard InChI is InChI=1S/C21H30N2O6/c1-21(2,3)29-20(26)23(4)14-9-7-13(8-10-14)15-11-22-12-16(18(24)27-5)17(15)19(25)28-6/h7-10,15-17,22H,11-12H2,1-6H3. The highest BCUT2D eigenvalue weighted by molar-refractivity contribution is 5.87. The number of amides is 1. The predicted molar refractivity (Wildman–Crippen MR) is 108 cm³/mol. The molecule has 0 saturated carbocycles. The van der Waals surface area contributed by atoms with Crippen LogP contribution in [0.25, 0.3) is 0 Å². The van der Waals surface area contributed by atoms with Crippen molar-refractivity contribution in [3.05, 3.63) is 29.8 Å². The number of methoxy groups -OCH3 is 2. The average molecular weight is 406 g/mol. The molecule has 2 rings (SSSR count). The summed E-state index contributed by atoms with van der Waals surface area (Å²) < 4.78 is 15.2. The van der Waals surface area contributed by atoms with Crippen molar-refractivity contribution in [1.29, 1.82) is 0 Å². The number of hydrogen-bond donors (Lipinski definition) is 1. The molecule has 0 aromatic heterocycles. The van der Waals surface area contributed by atoms with Gasteiger partial charge in [0.15, 0.2) is 0 Å². The summed E-state index contributed by atoms with van der Waals surface area (Å²) in [6.45, 7) is 6.30. The maximum atomic E-state index is 12.5. The molecular weight excluding hydrogens is 376 g/mol. The van der Waals surface area contributed by atoms with Crippen LogP contribution < -0.4 is 10.2 Å². The Morgan fingerprint density at radius 1 is 1.00 bits per heavy atom. The summed E-state index contributed by atoms with van der Waals surface area (Å²) in [6, 6.07) is 7.26. The van der Waals surface area contributed by atoms with Crippen molar-refractivity contribution in [2.45, 2.75) is 32.3 Å². The van der Waals surface area contributed by atoms with E-state index in [0.717, 1.165) is 5.56 Å². The third-order valence-corrected chi connectivity index (χ3v) is 4.95. The maximum Gasteiger partial charge on any atom is 0.414 e. The highest BCUT2D eigenvalue weighted by atomic mass is 16.6. The molecule has 1 aromatic rings. The molecule has 8 nitrogen and oxygen atoms in total. The molecule has 1 aliphatic rings. The van der Waals surface area contributed by atoms with Crippen molar-refractivity contribution in [1.82, 2.24) is 5.32 Å². The SMILES string of the molecule is COC(=O)C1CNCC(c2ccc(N(C)C(=O)OC(C)(C)C)cc2)C1C(=O)OC. The second-order valence-electron chi connectivity index (χ2n) is 8.07. The van der Waals surface area contributed by atoms with Gasteiger partial charge in [-0.05, 0) is 38.5 Å². The van der Waals surface area contributed by atoms with E-state index >= 15 is 0 Å².